The van der Waals surface area contributed by atoms with Gasteiger partial charge in [-0.15, -0.1) is 0 Å². The molecule has 1 fully saturated rings. The molecule has 2 rings (SSSR count). The van der Waals surface area contributed by atoms with Crippen LogP contribution in [0.2, 0.25) is 0 Å². The number of carbonyl (C=O) groups is 1. The monoisotopic (exact) mass is 482 g/mol. The molecule has 1 N–H and O–H groups in total. The summed E-state index contributed by atoms with van der Waals surface area (Å²) in [7, 11) is 4.59. The van der Waals surface area contributed by atoms with Crippen molar-refractivity contribution in [2.75, 3.05) is 67.3 Å². The maximum Gasteiger partial charge on any atom is 0.254 e. The fourth-order valence-corrected chi connectivity index (χ4v) is 4.03. The molecule has 2 unspecified atom stereocenters. The second kappa shape index (κ2) is 13.7. The fraction of sp³-hybridized carbons (Fsp3) is 0.720. The van der Waals surface area contributed by atoms with Gasteiger partial charge in [0.2, 0.25) is 5.75 Å². The smallest absolute Gasteiger partial charge is 0.254 e. The van der Waals surface area contributed by atoms with E-state index in [4.69, 9.17) is 23.7 Å². The lowest BCUT2D eigenvalue weighted by molar-refractivity contribution is -0.0631. The Hall–Kier alpha value is -2.07. The number of methoxy groups -OCH3 is 3. The van der Waals surface area contributed by atoms with E-state index in [-0.39, 0.29) is 24.0 Å². The Morgan fingerprint density at radius 2 is 1.79 bits per heavy atom. The van der Waals surface area contributed by atoms with E-state index in [2.05, 4.69) is 18.7 Å². The zero-order valence-corrected chi connectivity index (χ0v) is 21.7. The summed E-state index contributed by atoms with van der Waals surface area (Å²) in [6.07, 6.45) is -0.636. The molecular weight excluding hydrogens is 440 g/mol. The number of morpholine rings is 1. The first-order valence-electron chi connectivity index (χ1n) is 11.9. The predicted octanol–water partition coefficient (Wildman–Crippen LogP) is 2.30. The predicted molar refractivity (Wildman–Crippen MR) is 130 cm³/mol. The summed E-state index contributed by atoms with van der Waals surface area (Å²) in [4.78, 5) is 17.5. The highest BCUT2D eigenvalue weighted by Gasteiger charge is 2.28. The SMILES string of the molecule is COc1cc(C(=O)N(CC(C)C)CC2CN(CC(O)COC(C)C)CCO2)cc(OC)c1OC. The van der Waals surface area contributed by atoms with Crippen LogP contribution in [0.1, 0.15) is 38.1 Å². The third-order valence-corrected chi connectivity index (χ3v) is 5.52. The average Bonchev–Trinajstić information content (AvgIpc) is 2.80. The number of nitrogens with zero attached hydrogens (tertiary/aromatic N) is 2. The largest absolute Gasteiger partial charge is 0.493 e. The molecule has 0 spiro atoms. The van der Waals surface area contributed by atoms with Gasteiger partial charge in [0, 0.05) is 38.3 Å². The van der Waals surface area contributed by atoms with E-state index >= 15 is 0 Å². The van der Waals surface area contributed by atoms with Gasteiger partial charge in [-0.05, 0) is 31.9 Å². The van der Waals surface area contributed by atoms with Gasteiger partial charge in [0.15, 0.2) is 11.5 Å². The first-order valence-corrected chi connectivity index (χ1v) is 11.9. The third-order valence-electron chi connectivity index (χ3n) is 5.52. The number of hydrogen-bond acceptors (Lipinski definition) is 8. The lowest BCUT2D eigenvalue weighted by Gasteiger charge is -2.37. The minimum atomic E-state index is -0.561. The van der Waals surface area contributed by atoms with Gasteiger partial charge < -0.3 is 33.7 Å². The standard InChI is InChI=1S/C25H42N2O7/c1-17(2)12-27(25(29)19-10-22(30-5)24(32-7)23(11-19)31-6)15-21-14-26(8-9-33-21)13-20(28)16-34-18(3)4/h10-11,17-18,20-21,28H,8-9,12-16H2,1-7H3. The molecule has 9 heteroatoms. The number of ether oxygens (including phenoxy) is 5. The van der Waals surface area contributed by atoms with E-state index in [0.717, 1.165) is 6.54 Å². The molecule has 2 atom stereocenters. The van der Waals surface area contributed by atoms with Crippen LogP contribution in [-0.2, 0) is 9.47 Å². The molecule has 1 aliphatic rings. The summed E-state index contributed by atoms with van der Waals surface area (Å²) in [5.41, 5.74) is 0.462. The Labute approximate surface area is 203 Å². The normalized spacial score (nSPS) is 17.6. The van der Waals surface area contributed by atoms with Gasteiger partial charge >= 0.3 is 0 Å². The second-order valence-corrected chi connectivity index (χ2v) is 9.31. The summed E-state index contributed by atoms with van der Waals surface area (Å²) in [5.74, 6) is 1.47. The minimum absolute atomic E-state index is 0.0814. The molecule has 0 aromatic heterocycles. The first-order chi connectivity index (χ1) is 16.2. The number of carbonyl (C=O) groups excluding carboxylic acids is 1. The van der Waals surface area contributed by atoms with Crippen molar-refractivity contribution in [3.05, 3.63) is 17.7 Å². The van der Waals surface area contributed by atoms with Crippen molar-refractivity contribution in [3.8, 4) is 17.2 Å². The van der Waals surface area contributed by atoms with Crippen LogP contribution in [0, 0.1) is 5.92 Å². The van der Waals surface area contributed by atoms with E-state index in [0.29, 0.717) is 62.2 Å². The van der Waals surface area contributed by atoms with Crippen LogP contribution in [0.25, 0.3) is 0 Å². The van der Waals surface area contributed by atoms with Gasteiger partial charge in [0.05, 0.1) is 52.9 Å². The molecule has 1 saturated heterocycles. The maximum atomic E-state index is 13.5. The lowest BCUT2D eigenvalue weighted by Crippen LogP contribution is -2.51. The quantitative estimate of drug-likeness (QED) is 0.458. The summed E-state index contributed by atoms with van der Waals surface area (Å²) in [6, 6.07) is 3.35. The first kappa shape index (κ1) is 28.2. The molecule has 1 aromatic carbocycles. The van der Waals surface area contributed by atoms with Gasteiger partial charge in [0.25, 0.3) is 5.91 Å². The Kier molecular flexibility index (Phi) is 11.4. The highest BCUT2D eigenvalue weighted by atomic mass is 16.5. The molecule has 1 amide bonds. The van der Waals surface area contributed by atoms with E-state index in [9.17, 15) is 9.90 Å². The highest BCUT2D eigenvalue weighted by molar-refractivity contribution is 5.95. The topological polar surface area (TPSA) is 89.9 Å². The van der Waals surface area contributed by atoms with Crippen LogP contribution >= 0.6 is 0 Å². The fourth-order valence-electron chi connectivity index (χ4n) is 4.03. The Morgan fingerprint density at radius 3 is 2.32 bits per heavy atom. The van der Waals surface area contributed by atoms with Gasteiger partial charge in [0.1, 0.15) is 0 Å². The molecule has 0 bridgehead atoms. The molecule has 1 aromatic rings. The van der Waals surface area contributed by atoms with Crippen molar-refractivity contribution in [3.63, 3.8) is 0 Å². The van der Waals surface area contributed by atoms with Gasteiger partial charge in [-0.2, -0.15) is 0 Å². The van der Waals surface area contributed by atoms with Crippen molar-refractivity contribution in [2.24, 2.45) is 5.92 Å². The summed E-state index contributed by atoms with van der Waals surface area (Å²) < 4.78 is 27.8. The van der Waals surface area contributed by atoms with Gasteiger partial charge in [-0.25, -0.2) is 0 Å². The molecule has 0 aliphatic carbocycles. The van der Waals surface area contributed by atoms with Crippen molar-refractivity contribution >= 4 is 5.91 Å². The van der Waals surface area contributed by atoms with Crippen molar-refractivity contribution in [1.82, 2.24) is 9.80 Å². The molecule has 1 aliphatic heterocycles. The van der Waals surface area contributed by atoms with E-state index < -0.39 is 6.10 Å². The lowest BCUT2D eigenvalue weighted by atomic mass is 10.1. The van der Waals surface area contributed by atoms with Gasteiger partial charge in [-0.3, -0.25) is 9.69 Å². The molecule has 34 heavy (non-hydrogen) atoms. The summed E-state index contributed by atoms with van der Waals surface area (Å²) in [5, 5.41) is 10.3. The molecule has 9 nitrogen and oxygen atoms in total. The molecule has 1 heterocycles. The summed E-state index contributed by atoms with van der Waals surface area (Å²) >= 11 is 0. The van der Waals surface area contributed by atoms with Crippen LogP contribution in [-0.4, -0.2) is 106 Å². The minimum Gasteiger partial charge on any atom is -0.493 e. The highest BCUT2D eigenvalue weighted by Crippen LogP contribution is 2.38. The number of β-amino-alcohol motifs (C(OH)–C–C–N with tert-alkyl or cyclic N) is 1. The third kappa shape index (κ3) is 8.30. The number of aliphatic hydroxyl groups excluding tert-OH is 1. The van der Waals surface area contributed by atoms with Crippen LogP contribution in [0.3, 0.4) is 0 Å². The zero-order valence-electron chi connectivity index (χ0n) is 21.7. The van der Waals surface area contributed by atoms with Crippen molar-refractivity contribution in [2.45, 2.75) is 46.0 Å². The van der Waals surface area contributed by atoms with E-state index in [1.807, 2.05) is 18.7 Å². The van der Waals surface area contributed by atoms with Gasteiger partial charge in [-0.1, -0.05) is 13.8 Å². The summed E-state index contributed by atoms with van der Waals surface area (Å²) in [6.45, 7) is 11.8. The Morgan fingerprint density at radius 1 is 1.15 bits per heavy atom. The Balaban J connectivity index is 2.13. The number of hydrogen-bond donors (Lipinski definition) is 1. The number of rotatable bonds is 13. The number of aliphatic hydroxyl groups is 1. The molecule has 0 saturated carbocycles. The zero-order chi connectivity index (χ0) is 25.3. The molecule has 0 radical (unpaired) electrons. The van der Waals surface area contributed by atoms with Crippen LogP contribution in [0.4, 0.5) is 0 Å². The number of benzene rings is 1. The van der Waals surface area contributed by atoms with Crippen LogP contribution in [0.5, 0.6) is 17.2 Å². The second-order valence-electron chi connectivity index (χ2n) is 9.31. The van der Waals surface area contributed by atoms with Crippen LogP contribution < -0.4 is 14.2 Å². The van der Waals surface area contributed by atoms with Crippen LogP contribution in [0.15, 0.2) is 12.1 Å². The van der Waals surface area contributed by atoms with E-state index in [1.54, 1.807) is 12.1 Å². The van der Waals surface area contributed by atoms with Crippen molar-refractivity contribution < 1.29 is 33.6 Å². The molecular formula is C25H42N2O7. The maximum absolute atomic E-state index is 13.5. The molecule has 194 valence electrons. The Bertz CT molecular complexity index is 747. The van der Waals surface area contributed by atoms with E-state index in [1.165, 1.54) is 21.3 Å². The van der Waals surface area contributed by atoms with Crippen molar-refractivity contribution in [1.29, 1.82) is 0 Å². The average molecular weight is 483 g/mol. The number of amides is 1.